The third-order valence-corrected chi connectivity index (χ3v) is 5.47. The van der Waals surface area contributed by atoms with Crippen molar-refractivity contribution >= 4 is 11.7 Å². The Balaban J connectivity index is 2.02. The van der Waals surface area contributed by atoms with Crippen LogP contribution in [0.5, 0.6) is 5.75 Å². The lowest BCUT2D eigenvalue weighted by Gasteiger charge is -2.46. The van der Waals surface area contributed by atoms with E-state index in [1.165, 1.54) is 19.2 Å². The van der Waals surface area contributed by atoms with Crippen molar-refractivity contribution in [2.45, 2.75) is 26.3 Å². The van der Waals surface area contributed by atoms with Gasteiger partial charge in [-0.1, -0.05) is 12.1 Å². The van der Waals surface area contributed by atoms with E-state index < -0.39 is 5.82 Å². The molecule has 0 saturated carbocycles. The van der Waals surface area contributed by atoms with Crippen LogP contribution in [0.2, 0.25) is 0 Å². The van der Waals surface area contributed by atoms with E-state index in [0.717, 1.165) is 13.1 Å². The Kier molecular flexibility index (Phi) is 5.84. The van der Waals surface area contributed by atoms with E-state index >= 15 is 0 Å². The number of carbonyl (C=O) groups is 1. The molecule has 1 saturated heterocycles. The number of hydrogen-bond acceptors (Lipinski definition) is 6. The number of anilines is 1. The smallest absolute Gasteiger partial charge is 0.261 e. The summed E-state index contributed by atoms with van der Waals surface area (Å²) < 4.78 is 24.5. The number of carbonyl (C=O) groups excluding carboxylic acids is 1. The Morgan fingerprint density at radius 3 is 2.66 bits per heavy atom. The van der Waals surface area contributed by atoms with Gasteiger partial charge in [0.1, 0.15) is 5.56 Å². The number of aromatic nitrogens is 1. The normalized spacial score (nSPS) is 16.7. The maximum absolute atomic E-state index is 13.9. The Hall–Kier alpha value is -2.61. The molecule has 2 heterocycles. The number of amides is 1. The highest BCUT2D eigenvalue weighted by atomic mass is 19.1. The first-order valence-corrected chi connectivity index (χ1v) is 9.74. The molecule has 0 unspecified atom stereocenters. The van der Waals surface area contributed by atoms with Crippen molar-refractivity contribution < 1.29 is 18.4 Å². The fraction of sp³-hybridized carbons (Fsp3) is 0.524. The lowest BCUT2D eigenvalue weighted by molar-refractivity contribution is 0.0210. The summed E-state index contributed by atoms with van der Waals surface area (Å²) in [5, 5.41) is 4.11. The maximum atomic E-state index is 13.9. The van der Waals surface area contributed by atoms with Crippen molar-refractivity contribution in [2.24, 2.45) is 0 Å². The van der Waals surface area contributed by atoms with Gasteiger partial charge in [0.25, 0.3) is 5.91 Å². The molecule has 0 N–H and O–H groups in total. The second-order valence-corrected chi connectivity index (χ2v) is 8.07. The van der Waals surface area contributed by atoms with Gasteiger partial charge in [-0.2, -0.15) is 0 Å². The largest absolute Gasteiger partial charge is 0.494 e. The average Bonchev–Trinajstić information content (AvgIpc) is 3.12. The van der Waals surface area contributed by atoms with Gasteiger partial charge in [-0.15, -0.1) is 0 Å². The molecule has 158 valence electrons. The summed E-state index contributed by atoms with van der Waals surface area (Å²) in [6.45, 7) is 9.38. The quantitative estimate of drug-likeness (QED) is 0.763. The number of halogens is 1. The molecule has 1 aliphatic heterocycles. The molecule has 8 heteroatoms. The van der Waals surface area contributed by atoms with E-state index in [1.54, 1.807) is 11.0 Å². The van der Waals surface area contributed by atoms with Gasteiger partial charge in [0, 0.05) is 44.8 Å². The van der Waals surface area contributed by atoms with Crippen molar-refractivity contribution in [1.82, 2.24) is 15.0 Å². The fourth-order valence-corrected chi connectivity index (χ4v) is 3.89. The number of rotatable bonds is 5. The number of nitrogens with zero attached hydrogens (tertiary/aromatic N) is 4. The van der Waals surface area contributed by atoms with Crippen LogP contribution in [0.3, 0.4) is 0 Å². The van der Waals surface area contributed by atoms with Crippen LogP contribution in [0.1, 0.15) is 31.1 Å². The van der Waals surface area contributed by atoms with E-state index in [2.05, 4.69) is 30.8 Å². The molecule has 0 aliphatic carbocycles. The van der Waals surface area contributed by atoms with Gasteiger partial charge in [-0.05, 0) is 38.6 Å². The van der Waals surface area contributed by atoms with Crippen LogP contribution in [0, 0.1) is 5.82 Å². The molecule has 0 bridgehead atoms. The summed E-state index contributed by atoms with van der Waals surface area (Å²) in [6, 6.07) is 4.38. The van der Waals surface area contributed by atoms with Crippen LogP contribution in [0.15, 0.2) is 22.7 Å². The first-order valence-electron chi connectivity index (χ1n) is 9.74. The molecule has 1 amide bonds. The van der Waals surface area contributed by atoms with Gasteiger partial charge < -0.3 is 19.1 Å². The third kappa shape index (κ3) is 3.94. The van der Waals surface area contributed by atoms with Crippen LogP contribution in [-0.2, 0) is 0 Å². The number of benzene rings is 1. The van der Waals surface area contributed by atoms with Gasteiger partial charge >= 0.3 is 0 Å². The highest BCUT2D eigenvalue weighted by Gasteiger charge is 2.37. The van der Waals surface area contributed by atoms with Gasteiger partial charge in [0.2, 0.25) is 0 Å². The molecule has 0 radical (unpaired) electrons. The van der Waals surface area contributed by atoms with Gasteiger partial charge in [0.15, 0.2) is 23.1 Å². The summed E-state index contributed by atoms with van der Waals surface area (Å²) in [5.41, 5.74) is 0.792. The minimum Gasteiger partial charge on any atom is -0.494 e. The lowest BCUT2D eigenvalue weighted by Crippen LogP contribution is -2.60. The second kappa shape index (κ2) is 8.02. The van der Waals surface area contributed by atoms with Gasteiger partial charge in [-0.25, -0.2) is 4.39 Å². The molecule has 0 atom stereocenters. The summed E-state index contributed by atoms with van der Waals surface area (Å²) in [7, 11) is 5.01. The first kappa shape index (κ1) is 21.1. The fourth-order valence-electron chi connectivity index (χ4n) is 3.89. The van der Waals surface area contributed by atoms with Crippen LogP contribution < -0.4 is 9.64 Å². The highest BCUT2D eigenvalue weighted by Crippen LogP contribution is 2.35. The molecule has 1 aromatic heterocycles. The number of methoxy groups -OCH3 is 1. The van der Waals surface area contributed by atoms with Crippen LogP contribution in [-0.4, -0.2) is 73.8 Å². The minimum atomic E-state index is -0.478. The second-order valence-electron chi connectivity index (χ2n) is 8.07. The molecule has 2 aromatic rings. The Bertz CT molecular complexity index is 894. The zero-order valence-corrected chi connectivity index (χ0v) is 18.0. The van der Waals surface area contributed by atoms with Crippen molar-refractivity contribution in [3.05, 3.63) is 29.6 Å². The van der Waals surface area contributed by atoms with E-state index in [1.807, 2.05) is 19.0 Å². The molecular formula is C21H29FN4O3. The predicted molar refractivity (Wildman–Crippen MR) is 110 cm³/mol. The van der Waals surface area contributed by atoms with Gasteiger partial charge in [0.05, 0.1) is 7.11 Å². The summed E-state index contributed by atoms with van der Waals surface area (Å²) in [6.07, 6.45) is 0. The van der Waals surface area contributed by atoms with E-state index in [0.29, 0.717) is 35.8 Å². The van der Waals surface area contributed by atoms with Crippen molar-refractivity contribution in [3.63, 3.8) is 0 Å². The number of piperazine rings is 1. The van der Waals surface area contributed by atoms with Crippen LogP contribution >= 0.6 is 0 Å². The SMILES string of the molecule is CCN1CCN(C(=O)c2c(N(C)C)noc2-c2ccc(F)c(OC)c2)CC1(C)C. The lowest BCUT2D eigenvalue weighted by atomic mass is 9.97. The zero-order chi connectivity index (χ0) is 21.3. The van der Waals surface area contributed by atoms with Crippen molar-refractivity contribution in [3.8, 4) is 17.1 Å². The molecule has 1 aliphatic rings. The summed E-state index contributed by atoms with van der Waals surface area (Å²) >= 11 is 0. The Morgan fingerprint density at radius 2 is 2.07 bits per heavy atom. The summed E-state index contributed by atoms with van der Waals surface area (Å²) in [5.74, 6) is 0.226. The van der Waals surface area contributed by atoms with E-state index in [9.17, 15) is 9.18 Å². The monoisotopic (exact) mass is 404 g/mol. The number of ether oxygens (including phenoxy) is 1. The minimum absolute atomic E-state index is 0.0846. The highest BCUT2D eigenvalue weighted by molar-refractivity contribution is 6.04. The predicted octanol–water partition coefficient (Wildman–Crippen LogP) is 3.11. The first-order chi connectivity index (χ1) is 13.7. The standard InChI is InChI=1S/C21H29FN4O3/c1-7-26-11-10-25(13-21(26,2)3)20(27)17-18(29-23-19(17)24(4)5)14-8-9-15(22)16(12-14)28-6/h8-9,12H,7,10-11,13H2,1-6H3. The molecule has 1 fully saturated rings. The summed E-state index contributed by atoms with van der Waals surface area (Å²) in [4.78, 5) is 19.5. The average molecular weight is 404 g/mol. The molecule has 1 aromatic carbocycles. The molecule has 29 heavy (non-hydrogen) atoms. The Labute approximate surface area is 171 Å². The van der Waals surface area contributed by atoms with Crippen molar-refractivity contribution in [1.29, 1.82) is 0 Å². The third-order valence-electron chi connectivity index (χ3n) is 5.47. The van der Waals surface area contributed by atoms with Crippen LogP contribution in [0.4, 0.5) is 10.2 Å². The molecule has 7 nitrogen and oxygen atoms in total. The molecule has 0 spiro atoms. The van der Waals surface area contributed by atoms with Gasteiger partial charge in [-0.3, -0.25) is 9.69 Å². The van der Waals surface area contributed by atoms with Crippen molar-refractivity contribution in [2.75, 3.05) is 52.3 Å². The van der Waals surface area contributed by atoms with E-state index in [4.69, 9.17) is 9.26 Å². The maximum Gasteiger partial charge on any atom is 0.261 e. The Morgan fingerprint density at radius 1 is 1.34 bits per heavy atom. The molecular weight excluding hydrogens is 375 g/mol. The zero-order valence-electron chi connectivity index (χ0n) is 18.0. The number of likely N-dealkylation sites (N-methyl/N-ethyl adjacent to an activating group) is 1. The van der Waals surface area contributed by atoms with Crippen LogP contribution in [0.25, 0.3) is 11.3 Å². The molecule has 3 rings (SSSR count). The topological polar surface area (TPSA) is 62.0 Å². The van der Waals surface area contributed by atoms with E-state index in [-0.39, 0.29) is 17.2 Å². The number of hydrogen-bond donors (Lipinski definition) is 0.